The molecule has 1 saturated heterocycles. The standard InChI is InChI=1S/C17H16BrClN2O3/c1-23-11-2-3-14(18)13(8-11)17(22)21-7-5-12(10-21)24-16-4-6-20-9-15(16)19/h2-4,6,8-9,12H,5,7,10H2,1H3/t12-/m1/s1. The molecule has 1 atom stereocenters. The fourth-order valence-corrected chi connectivity index (χ4v) is 3.19. The van der Waals surface area contributed by atoms with Gasteiger partial charge in [0.25, 0.3) is 5.91 Å². The molecular weight excluding hydrogens is 396 g/mol. The number of halogens is 2. The normalized spacial score (nSPS) is 17.0. The molecule has 0 aliphatic carbocycles. The second-order valence-corrected chi connectivity index (χ2v) is 6.69. The van der Waals surface area contributed by atoms with Crippen molar-refractivity contribution in [1.82, 2.24) is 9.88 Å². The minimum absolute atomic E-state index is 0.0484. The van der Waals surface area contributed by atoms with Crippen molar-refractivity contribution in [3.05, 3.63) is 51.7 Å². The third kappa shape index (κ3) is 3.65. The van der Waals surface area contributed by atoms with Crippen molar-refractivity contribution in [3.8, 4) is 11.5 Å². The lowest BCUT2D eigenvalue weighted by atomic mass is 10.2. The minimum atomic E-state index is -0.0850. The van der Waals surface area contributed by atoms with Crippen molar-refractivity contribution in [2.24, 2.45) is 0 Å². The minimum Gasteiger partial charge on any atom is -0.497 e. The summed E-state index contributed by atoms with van der Waals surface area (Å²) in [4.78, 5) is 18.5. The van der Waals surface area contributed by atoms with Crippen LogP contribution in [0, 0.1) is 0 Å². The van der Waals surface area contributed by atoms with Crippen molar-refractivity contribution in [3.63, 3.8) is 0 Å². The van der Waals surface area contributed by atoms with Gasteiger partial charge in [-0.05, 0) is 34.1 Å². The molecule has 1 fully saturated rings. The molecule has 0 saturated carbocycles. The molecule has 1 aliphatic heterocycles. The van der Waals surface area contributed by atoms with Gasteiger partial charge in [-0.1, -0.05) is 11.6 Å². The maximum atomic E-state index is 12.7. The third-order valence-corrected chi connectivity index (χ3v) is 4.84. The highest BCUT2D eigenvalue weighted by molar-refractivity contribution is 9.10. The number of rotatable bonds is 4. The number of carbonyl (C=O) groups is 1. The Kier molecular flexibility index (Phi) is 5.26. The molecule has 5 nitrogen and oxygen atoms in total. The maximum Gasteiger partial charge on any atom is 0.255 e. The van der Waals surface area contributed by atoms with Crippen molar-refractivity contribution in [2.75, 3.05) is 20.2 Å². The van der Waals surface area contributed by atoms with Crippen LogP contribution in [0.5, 0.6) is 11.5 Å². The van der Waals surface area contributed by atoms with E-state index in [1.54, 1.807) is 36.5 Å². The van der Waals surface area contributed by atoms with Crippen molar-refractivity contribution in [2.45, 2.75) is 12.5 Å². The van der Waals surface area contributed by atoms with E-state index in [1.807, 2.05) is 12.1 Å². The van der Waals surface area contributed by atoms with Crippen LogP contribution < -0.4 is 9.47 Å². The van der Waals surface area contributed by atoms with Gasteiger partial charge in [0.2, 0.25) is 0 Å². The third-order valence-electron chi connectivity index (χ3n) is 3.87. The van der Waals surface area contributed by atoms with Gasteiger partial charge in [-0.25, -0.2) is 0 Å². The number of benzene rings is 1. The first-order valence-electron chi connectivity index (χ1n) is 7.47. The zero-order valence-electron chi connectivity index (χ0n) is 13.0. The SMILES string of the molecule is COc1ccc(Br)c(C(=O)N2CC[C@@H](Oc3ccncc3Cl)C2)c1. The van der Waals surface area contributed by atoms with Crippen molar-refractivity contribution >= 4 is 33.4 Å². The van der Waals surface area contributed by atoms with Gasteiger partial charge in [0.1, 0.15) is 22.6 Å². The van der Waals surface area contributed by atoms with E-state index in [1.165, 1.54) is 0 Å². The molecule has 0 unspecified atom stereocenters. The van der Waals surface area contributed by atoms with Crippen LogP contribution in [0.25, 0.3) is 0 Å². The molecule has 24 heavy (non-hydrogen) atoms. The first-order chi connectivity index (χ1) is 11.6. The van der Waals surface area contributed by atoms with E-state index in [9.17, 15) is 4.79 Å². The lowest BCUT2D eigenvalue weighted by Gasteiger charge is -2.18. The maximum absolute atomic E-state index is 12.7. The van der Waals surface area contributed by atoms with Gasteiger partial charge in [0.15, 0.2) is 0 Å². The van der Waals surface area contributed by atoms with Crippen LogP contribution in [-0.2, 0) is 0 Å². The molecule has 1 aromatic heterocycles. The molecule has 1 aliphatic rings. The van der Waals surface area contributed by atoms with E-state index in [2.05, 4.69) is 20.9 Å². The summed E-state index contributed by atoms with van der Waals surface area (Å²) in [5.41, 5.74) is 0.581. The summed E-state index contributed by atoms with van der Waals surface area (Å²) in [6.07, 6.45) is 3.85. The molecule has 0 bridgehead atoms. The molecule has 0 N–H and O–H groups in total. The fourth-order valence-electron chi connectivity index (χ4n) is 2.61. The molecular formula is C17H16BrClN2O3. The summed E-state index contributed by atoms with van der Waals surface area (Å²) in [6.45, 7) is 1.15. The van der Waals surface area contributed by atoms with E-state index in [0.29, 0.717) is 35.2 Å². The Labute approximate surface area is 153 Å². The average molecular weight is 412 g/mol. The highest BCUT2D eigenvalue weighted by Gasteiger charge is 2.29. The zero-order chi connectivity index (χ0) is 17.1. The first kappa shape index (κ1) is 17.0. The van der Waals surface area contributed by atoms with Gasteiger partial charge < -0.3 is 14.4 Å². The number of hydrogen-bond acceptors (Lipinski definition) is 4. The van der Waals surface area contributed by atoms with Crippen LogP contribution in [-0.4, -0.2) is 42.1 Å². The number of nitrogens with zero attached hydrogens (tertiary/aromatic N) is 2. The Morgan fingerprint density at radius 1 is 1.42 bits per heavy atom. The Balaban J connectivity index is 1.69. The molecule has 1 aromatic carbocycles. The van der Waals surface area contributed by atoms with Gasteiger partial charge in [0, 0.05) is 35.9 Å². The second-order valence-electron chi connectivity index (χ2n) is 5.43. The summed E-state index contributed by atoms with van der Waals surface area (Å²) in [5.74, 6) is 1.19. The molecule has 126 valence electrons. The largest absolute Gasteiger partial charge is 0.497 e. The lowest BCUT2D eigenvalue weighted by molar-refractivity contribution is 0.0771. The molecule has 1 amide bonds. The molecule has 2 aromatic rings. The van der Waals surface area contributed by atoms with Crippen LogP contribution in [0.3, 0.4) is 0 Å². The van der Waals surface area contributed by atoms with Gasteiger partial charge in [-0.15, -0.1) is 0 Å². The second kappa shape index (κ2) is 7.40. The molecule has 7 heteroatoms. The summed E-state index contributed by atoms with van der Waals surface area (Å²) >= 11 is 9.49. The summed E-state index contributed by atoms with van der Waals surface area (Å²) in [7, 11) is 1.58. The predicted octanol–water partition coefficient (Wildman–Crippen LogP) is 3.80. The summed E-state index contributed by atoms with van der Waals surface area (Å²) < 4.78 is 11.8. The van der Waals surface area contributed by atoms with E-state index in [-0.39, 0.29) is 12.0 Å². The molecule has 0 radical (unpaired) electrons. The number of pyridine rings is 1. The smallest absolute Gasteiger partial charge is 0.255 e. The zero-order valence-corrected chi connectivity index (χ0v) is 15.4. The monoisotopic (exact) mass is 410 g/mol. The number of aromatic nitrogens is 1. The quantitative estimate of drug-likeness (QED) is 0.768. The Morgan fingerprint density at radius 2 is 2.25 bits per heavy atom. The van der Waals surface area contributed by atoms with Crippen LogP contribution in [0.15, 0.2) is 41.1 Å². The highest BCUT2D eigenvalue weighted by Crippen LogP contribution is 2.28. The van der Waals surface area contributed by atoms with Crippen LogP contribution in [0.1, 0.15) is 16.8 Å². The van der Waals surface area contributed by atoms with Crippen molar-refractivity contribution < 1.29 is 14.3 Å². The summed E-state index contributed by atoms with van der Waals surface area (Å²) in [6, 6.07) is 7.08. The van der Waals surface area contributed by atoms with Gasteiger partial charge in [-0.2, -0.15) is 0 Å². The van der Waals surface area contributed by atoms with Crippen LogP contribution in [0.4, 0.5) is 0 Å². The van der Waals surface area contributed by atoms with Gasteiger partial charge in [-0.3, -0.25) is 9.78 Å². The number of ether oxygens (including phenoxy) is 2. The van der Waals surface area contributed by atoms with Gasteiger partial charge in [0.05, 0.1) is 19.2 Å². The van der Waals surface area contributed by atoms with Crippen LogP contribution >= 0.6 is 27.5 Å². The number of amides is 1. The highest BCUT2D eigenvalue weighted by atomic mass is 79.9. The molecule has 3 rings (SSSR count). The fraction of sp³-hybridized carbons (Fsp3) is 0.294. The molecule has 0 spiro atoms. The van der Waals surface area contributed by atoms with E-state index in [0.717, 1.165) is 10.9 Å². The predicted molar refractivity (Wildman–Crippen MR) is 94.9 cm³/mol. The van der Waals surface area contributed by atoms with E-state index in [4.69, 9.17) is 21.1 Å². The number of methoxy groups -OCH3 is 1. The van der Waals surface area contributed by atoms with Gasteiger partial charge >= 0.3 is 0 Å². The Morgan fingerprint density at radius 3 is 3.00 bits per heavy atom. The topological polar surface area (TPSA) is 51.7 Å². The first-order valence-corrected chi connectivity index (χ1v) is 8.64. The molecule has 2 heterocycles. The Bertz CT molecular complexity index is 756. The van der Waals surface area contributed by atoms with Crippen molar-refractivity contribution in [1.29, 1.82) is 0 Å². The number of carbonyl (C=O) groups excluding carboxylic acids is 1. The number of hydrogen-bond donors (Lipinski definition) is 0. The Hall–Kier alpha value is -1.79. The van der Waals surface area contributed by atoms with E-state index < -0.39 is 0 Å². The lowest BCUT2D eigenvalue weighted by Crippen LogP contribution is -2.31. The van der Waals surface area contributed by atoms with E-state index >= 15 is 0 Å². The van der Waals surface area contributed by atoms with Crippen LogP contribution in [0.2, 0.25) is 5.02 Å². The number of likely N-dealkylation sites (tertiary alicyclic amines) is 1. The summed E-state index contributed by atoms with van der Waals surface area (Å²) in [5, 5.41) is 0.470. The average Bonchev–Trinajstić information content (AvgIpc) is 3.05.